The van der Waals surface area contributed by atoms with Gasteiger partial charge in [0, 0.05) is 49.3 Å². The summed E-state index contributed by atoms with van der Waals surface area (Å²) in [6, 6.07) is -12.3. The molecule has 0 spiro atoms. The summed E-state index contributed by atoms with van der Waals surface area (Å²) < 4.78 is 0. The number of aliphatic hydroxyl groups is 1. The van der Waals surface area contributed by atoms with E-state index in [1.165, 1.54) is 87.7 Å². The molecule has 1 saturated heterocycles. The molecule has 85 heavy (non-hydrogen) atoms. The Hall–Kier alpha value is -6.13. The second-order valence-electron chi connectivity index (χ2n) is 26.1. The average Bonchev–Trinajstić information content (AvgIpc) is 3.62. The molecule has 486 valence electrons. The highest BCUT2D eigenvalue weighted by Gasteiger charge is 2.45. The van der Waals surface area contributed by atoms with Crippen LogP contribution in [0.1, 0.15) is 156 Å². The maximum atomic E-state index is 15.1. The molecular weight excluding hydrogens is 1090 g/mol. The molecule has 23 nitrogen and oxygen atoms in total. The van der Waals surface area contributed by atoms with E-state index in [1.54, 1.807) is 54.5 Å². The molecule has 0 bridgehead atoms. The van der Waals surface area contributed by atoms with E-state index in [4.69, 9.17) is 0 Å². The largest absolute Gasteiger partial charge is 0.390 e. The number of nitrogens with one attached hydrogen (secondary N) is 4. The van der Waals surface area contributed by atoms with Crippen LogP contribution in [0.3, 0.4) is 0 Å². The minimum atomic E-state index is -1.61. The molecule has 11 amide bonds. The first-order chi connectivity index (χ1) is 39.2. The fraction of sp³-hybridized carbons (Fsp3) is 0.790. The van der Waals surface area contributed by atoms with Crippen LogP contribution in [-0.4, -0.2) is 227 Å². The van der Waals surface area contributed by atoms with Gasteiger partial charge in [0.2, 0.25) is 65.0 Å². The first-order valence-electron chi connectivity index (χ1n) is 30.6. The lowest BCUT2D eigenvalue weighted by Gasteiger charge is -2.41. The quantitative estimate of drug-likeness (QED) is 0.148. The lowest BCUT2D eigenvalue weighted by atomic mass is 9.91. The van der Waals surface area contributed by atoms with Crippen LogP contribution >= 0.6 is 0 Å². The first-order valence-corrected chi connectivity index (χ1v) is 30.6. The number of aliphatic hydroxyl groups excluding tert-OH is 1. The van der Waals surface area contributed by atoms with Crippen molar-refractivity contribution in [3.05, 3.63) is 12.2 Å². The monoisotopic (exact) mass is 1200 g/mol. The van der Waals surface area contributed by atoms with Crippen LogP contribution in [0.25, 0.3) is 0 Å². The van der Waals surface area contributed by atoms with Crippen LogP contribution in [0.2, 0.25) is 0 Å². The van der Waals surface area contributed by atoms with Gasteiger partial charge in [-0.05, 0) is 101 Å². The molecule has 1 heterocycles. The summed E-state index contributed by atoms with van der Waals surface area (Å²) in [7, 11) is 9.92. The van der Waals surface area contributed by atoms with Crippen molar-refractivity contribution in [2.24, 2.45) is 41.4 Å². The molecule has 0 aromatic heterocycles. The third kappa shape index (κ3) is 21.7. The summed E-state index contributed by atoms with van der Waals surface area (Å²) in [5.41, 5.74) is 0. The smallest absolute Gasteiger partial charge is 0.246 e. The number of likely N-dealkylation sites (N-methyl/N-ethyl adjacent to an activating group) is 7. The van der Waals surface area contributed by atoms with Gasteiger partial charge in [-0.25, -0.2) is 0 Å². The Morgan fingerprint density at radius 3 is 1.32 bits per heavy atom. The van der Waals surface area contributed by atoms with Crippen molar-refractivity contribution in [2.75, 3.05) is 55.9 Å². The summed E-state index contributed by atoms with van der Waals surface area (Å²) >= 11 is 0. The van der Waals surface area contributed by atoms with Gasteiger partial charge in [-0.1, -0.05) is 109 Å². The highest BCUT2D eigenvalue weighted by atomic mass is 16.3. The normalized spacial score (nSPS) is 26.9. The molecule has 0 radical (unpaired) electrons. The molecule has 1 unspecified atom stereocenters. The van der Waals surface area contributed by atoms with Crippen molar-refractivity contribution in [1.82, 2.24) is 55.6 Å². The number of nitrogens with zero attached hydrogens (tertiary/aromatic N) is 7. The fourth-order valence-electron chi connectivity index (χ4n) is 10.7. The molecule has 0 aromatic carbocycles. The van der Waals surface area contributed by atoms with Crippen LogP contribution in [0.5, 0.6) is 0 Å². The zero-order valence-corrected chi connectivity index (χ0v) is 56.1. The highest BCUT2D eigenvalue weighted by Crippen LogP contribution is 2.26. The fourth-order valence-corrected chi connectivity index (χ4v) is 10.7. The predicted octanol–water partition coefficient (Wildman–Crippen LogP) is 3.27. The summed E-state index contributed by atoms with van der Waals surface area (Å²) in [6.45, 7) is 29.3. The SMILES string of the molecule is C/C=C/C[C@@H](C)[C@@H](O)[C@@H]1C(=O)N[C@H](CC)C(=O)N(C)CC(=O)N(C)[C@@H](CC(C)C)C(=O)N[C@H](C(C)C)C(=O)N(C)C(CC(C)C)C(=O)N[C@H](C)C(=O)N[C@@H](C)C(=O)N(C)[C@H](CC(C)C)C(=O)N(C)[C@H](CC(C)C)C(=O)N(C)[C@H](C(C)C)C(=O)N1C. The molecule has 1 rings (SSSR count). The molecule has 12 atom stereocenters. The molecule has 1 fully saturated rings. The van der Waals surface area contributed by atoms with Crippen molar-refractivity contribution in [3.63, 3.8) is 0 Å². The van der Waals surface area contributed by atoms with E-state index in [1.807, 2.05) is 61.5 Å². The van der Waals surface area contributed by atoms with Crippen molar-refractivity contribution in [3.8, 4) is 0 Å². The van der Waals surface area contributed by atoms with Gasteiger partial charge >= 0.3 is 0 Å². The lowest BCUT2D eigenvalue weighted by Crippen LogP contribution is -2.63. The Balaban J connectivity index is 4.32. The predicted molar refractivity (Wildman–Crippen MR) is 328 cm³/mol. The van der Waals surface area contributed by atoms with Crippen molar-refractivity contribution in [1.29, 1.82) is 0 Å². The average molecular weight is 1200 g/mol. The van der Waals surface area contributed by atoms with E-state index in [9.17, 15) is 48.3 Å². The maximum absolute atomic E-state index is 15.1. The Labute approximate surface area is 508 Å². The number of carbonyl (C=O) groups excluding carboxylic acids is 11. The molecule has 23 heteroatoms. The van der Waals surface area contributed by atoms with Crippen LogP contribution in [0.4, 0.5) is 0 Å². The molecular formula is C62H111N11O12. The first kappa shape index (κ1) is 76.9. The van der Waals surface area contributed by atoms with Gasteiger partial charge in [0.05, 0.1) is 12.6 Å². The van der Waals surface area contributed by atoms with E-state index in [-0.39, 0.29) is 55.8 Å². The molecule has 0 saturated carbocycles. The minimum Gasteiger partial charge on any atom is -0.390 e. The topological polar surface area (TPSA) is 279 Å². The second-order valence-corrected chi connectivity index (χ2v) is 26.1. The minimum absolute atomic E-state index is 0.0229. The van der Waals surface area contributed by atoms with Gasteiger partial charge in [-0.15, -0.1) is 0 Å². The van der Waals surface area contributed by atoms with Gasteiger partial charge in [0.1, 0.15) is 60.4 Å². The van der Waals surface area contributed by atoms with Crippen molar-refractivity contribution in [2.45, 2.75) is 223 Å². The zero-order valence-electron chi connectivity index (χ0n) is 56.1. The standard InChI is InChI=1S/C62H111N11O12/c1-25-27-28-40(15)52(75)51-56(79)65-43(26-2)58(81)67(18)33-48(74)68(19)44(29-34(3)4)55(78)66-49(38(11)12)61(84)69(20)45(30-35(5)6)54(77)63-41(16)53(76)64-42(17)57(80)70(21)46(31-36(7)8)59(82)71(22)47(32-37(9)10)60(83)72(23)50(39(13)14)62(85)73(51)24/h25,27,34-47,49-52,75H,26,28-33H2,1-24H3,(H,63,77)(H,64,76)(H,65,79)(H,66,78)/b27-25+/t40-,41-,42+,43-,44+,45?,46-,47-,49-,50-,51-,52-/m1/s1. The molecule has 1 aliphatic heterocycles. The summed E-state index contributed by atoms with van der Waals surface area (Å²) in [5.74, 6) is -9.71. The second kappa shape index (κ2) is 34.9. The zero-order chi connectivity index (χ0) is 66.0. The van der Waals surface area contributed by atoms with Gasteiger partial charge < -0.3 is 60.7 Å². The number of rotatable bonds is 15. The number of hydrogen-bond donors (Lipinski definition) is 5. The third-order valence-corrected chi connectivity index (χ3v) is 16.1. The summed E-state index contributed by atoms with van der Waals surface area (Å²) in [5, 5.41) is 23.1. The maximum Gasteiger partial charge on any atom is 0.246 e. The van der Waals surface area contributed by atoms with Crippen molar-refractivity contribution >= 4 is 65.0 Å². The number of allylic oxidation sites excluding steroid dienone is 2. The Morgan fingerprint density at radius 1 is 0.459 bits per heavy atom. The Morgan fingerprint density at radius 2 is 0.871 bits per heavy atom. The number of hydrogen-bond acceptors (Lipinski definition) is 12. The van der Waals surface area contributed by atoms with Gasteiger partial charge in [0.25, 0.3) is 0 Å². The highest BCUT2D eigenvalue weighted by molar-refractivity contribution is 5.99. The lowest BCUT2D eigenvalue weighted by molar-refractivity contribution is -0.157. The Bertz CT molecular complexity index is 2330. The third-order valence-electron chi connectivity index (χ3n) is 16.1. The molecule has 0 aliphatic carbocycles. The molecule has 0 aromatic rings. The number of carbonyl (C=O) groups is 11. The molecule has 5 N–H and O–H groups in total. The van der Waals surface area contributed by atoms with Crippen LogP contribution < -0.4 is 21.3 Å². The summed E-state index contributed by atoms with van der Waals surface area (Å²) in [6.07, 6.45) is 3.04. The number of amides is 11. The Kier molecular flexibility index (Phi) is 31.5. The van der Waals surface area contributed by atoms with E-state index < -0.39 is 156 Å². The van der Waals surface area contributed by atoms with Gasteiger partial charge in [-0.2, -0.15) is 0 Å². The van der Waals surface area contributed by atoms with E-state index >= 15 is 9.59 Å². The van der Waals surface area contributed by atoms with E-state index in [0.29, 0.717) is 6.42 Å². The van der Waals surface area contributed by atoms with Crippen LogP contribution in [0.15, 0.2) is 12.2 Å². The van der Waals surface area contributed by atoms with E-state index in [0.717, 1.165) is 9.80 Å². The van der Waals surface area contributed by atoms with Crippen LogP contribution in [0, 0.1) is 41.4 Å². The van der Waals surface area contributed by atoms with Gasteiger partial charge in [0.15, 0.2) is 0 Å². The van der Waals surface area contributed by atoms with Gasteiger partial charge in [-0.3, -0.25) is 52.7 Å². The van der Waals surface area contributed by atoms with Crippen molar-refractivity contribution < 1.29 is 57.8 Å². The van der Waals surface area contributed by atoms with Crippen LogP contribution in [-0.2, 0) is 52.7 Å². The summed E-state index contributed by atoms with van der Waals surface area (Å²) in [4.78, 5) is 169. The molecule has 1 aliphatic rings. The van der Waals surface area contributed by atoms with E-state index in [2.05, 4.69) is 21.3 Å².